The number of hydrogen-bond acceptors (Lipinski definition) is 4. The number of rotatable bonds is 10. The first-order valence-electron chi connectivity index (χ1n) is 10.9. The first-order chi connectivity index (χ1) is 15.0. The van der Waals surface area contributed by atoms with Gasteiger partial charge in [-0.1, -0.05) is 80.2 Å². The van der Waals surface area contributed by atoms with Gasteiger partial charge in [-0.25, -0.2) is 0 Å². The lowest BCUT2D eigenvalue weighted by Crippen LogP contribution is -2.28. The second kappa shape index (κ2) is 11.1. The molecule has 5 nitrogen and oxygen atoms in total. The number of aromatic nitrogens is 3. The van der Waals surface area contributed by atoms with E-state index in [1.165, 1.54) is 22.9 Å². The second-order valence-corrected chi connectivity index (χ2v) is 9.17. The number of carbonyl (C=O) groups is 1. The van der Waals surface area contributed by atoms with Gasteiger partial charge in [-0.15, -0.1) is 10.2 Å². The molecule has 1 N–H and O–H groups in total. The van der Waals surface area contributed by atoms with Crippen molar-refractivity contribution in [3.8, 4) is 0 Å². The zero-order valence-electron chi connectivity index (χ0n) is 18.8. The van der Waals surface area contributed by atoms with Crippen LogP contribution in [0.4, 0.5) is 0 Å². The number of benzene rings is 2. The van der Waals surface area contributed by atoms with Crippen LogP contribution in [0.5, 0.6) is 0 Å². The van der Waals surface area contributed by atoms with Gasteiger partial charge in [0.25, 0.3) is 0 Å². The molecule has 1 atom stereocenters. The van der Waals surface area contributed by atoms with E-state index < -0.39 is 0 Å². The molecular formula is C25H32N4OS. The third-order valence-electron chi connectivity index (χ3n) is 5.15. The van der Waals surface area contributed by atoms with E-state index in [1.807, 2.05) is 25.1 Å². The van der Waals surface area contributed by atoms with Crippen LogP contribution in [0, 0.1) is 5.92 Å². The molecule has 0 saturated carbocycles. The first-order valence-corrected chi connectivity index (χ1v) is 11.9. The maximum absolute atomic E-state index is 12.5. The zero-order chi connectivity index (χ0) is 22.2. The Bertz CT molecular complexity index is 967. The largest absolute Gasteiger partial charge is 0.349 e. The van der Waals surface area contributed by atoms with Crippen LogP contribution in [0.1, 0.15) is 56.3 Å². The molecule has 0 aliphatic carbocycles. The van der Waals surface area contributed by atoms with Crippen molar-refractivity contribution in [3.63, 3.8) is 0 Å². The van der Waals surface area contributed by atoms with Crippen molar-refractivity contribution < 1.29 is 4.79 Å². The van der Waals surface area contributed by atoms with E-state index in [2.05, 4.69) is 77.3 Å². The van der Waals surface area contributed by atoms with E-state index in [-0.39, 0.29) is 11.9 Å². The van der Waals surface area contributed by atoms with Crippen molar-refractivity contribution in [1.82, 2.24) is 20.1 Å². The Kier molecular flexibility index (Phi) is 8.29. The lowest BCUT2D eigenvalue weighted by molar-refractivity contribution is -0.119. The third kappa shape index (κ3) is 6.69. The van der Waals surface area contributed by atoms with E-state index in [4.69, 9.17) is 0 Å². The van der Waals surface area contributed by atoms with Crippen molar-refractivity contribution >= 4 is 17.7 Å². The van der Waals surface area contributed by atoms with E-state index >= 15 is 0 Å². The van der Waals surface area contributed by atoms with Gasteiger partial charge < -0.3 is 9.88 Å². The smallest absolute Gasteiger partial charge is 0.230 e. The minimum Gasteiger partial charge on any atom is -0.349 e. The van der Waals surface area contributed by atoms with Crippen molar-refractivity contribution in [1.29, 1.82) is 0 Å². The molecule has 2 aromatic carbocycles. The zero-order valence-corrected chi connectivity index (χ0v) is 19.7. The molecule has 0 aliphatic heterocycles. The molecule has 31 heavy (non-hydrogen) atoms. The van der Waals surface area contributed by atoms with Crippen LogP contribution in [0.15, 0.2) is 59.8 Å². The number of nitrogens with one attached hydrogen (secondary N) is 1. The predicted molar refractivity (Wildman–Crippen MR) is 127 cm³/mol. The Labute approximate surface area is 189 Å². The normalized spacial score (nSPS) is 12.2. The van der Waals surface area contributed by atoms with Gasteiger partial charge in [0.15, 0.2) is 5.16 Å². The Hall–Kier alpha value is -2.60. The summed E-state index contributed by atoms with van der Waals surface area (Å²) in [4.78, 5) is 12.5. The van der Waals surface area contributed by atoms with E-state index in [9.17, 15) is 4.79 Å². The Morgan fingerprint density at radius 3 is 2.35 bits per heavy atom. The van der Waals surface area contributed by atoms with Gasteiger partial charge in [0.1, 0.15) is 5.82 Å². The highest BCUT2D eigenvalue weighted by atomic mass is 32.2. The Balaban J connectivity index is 1.54. The minimum absolute atomic E-state index is 0.000908. The Morgan fingerprint density at radius 2 is 1.71 bits per heavy atom. The second-order valence-electron chi connectivity index (χ2n) is 8.22. The molecule has 0 radical (unpaired) electrons. The summed E-state index contributed by atoms with van der Waals surface area (Å²) in [6, 6.07) is 18.8. The summed E-state index contributed by atoms with van der Waals surface area (Å²) in [6.45, 7) is 9.31. The molecule has 3 aromatic rings. The summed E-state index contributed by atoms with van der Waals surface area (Å²) in [5, 5.41) is 12.6. The number of carbonyl (C=O) groups excluding carboxylic acids is 1. The van der Waals surface area contributed by atoms with Gasteiger partial charge >= 0.3 is 0 Å². The molecule has 1 heterocycles. The molecule has 1 amide bonds. The van der Waals surface area contributed by atoms with E-state index in [1.54, 1.807) is 0 Å². The van der Waals surface area contributed by atoms with Gasteiger partial charge in [-0.05, 0) is 42.9 Å². The Morgan fingerprint density at radius 1 is 1.00 bits per heavy atom. The van der Waals surface area contributed by atoms with Gasteiger partial charge in [0.2, 0.25) is 5.91 Å². The monoisotopic (exact) mass is 436 g/mol. The molecule has 0 spiro atoms. The fourth-order valence-corrected chi connectivity index (χ4v) is 4.40. The van der Waals surface area contributed by atoms with Crippen LogP contribution in [0.3, 0.4) is 0 Å². The maximum Gasteiger partial charge on any atom is 0.230 e. The summed E-state index contributed by atoms with van der Waals surface area (Å²) < 4.78 is 2.09. The minimum atomic E-state index is -0.0288. The third-order valence-corrected chi connectivity index (χ3v) is 6.12. The van der Waals surface area contributed by atoms with E-state index in [0.29, 0.717) is 11.7 Å². The summed E-state index contributed by atoms with van der Waals surface area (Å²) >= 11 is 1.43. The molecule has 1 aromatic heterocycles. The fraction of sp³-hybridized carbons (Fsp3) is 0.400. The molecule has 0 bridgehead atoms. The van der Waals surface area contributed by atoms with Gasteiger partial charge in [0, 0.05) is 13.0 Å². The van der Waals surface area contributed by atoms with Crippen LogP contribution in [0.2, 0.25) is 0 Å². The first kappa shape index (κ1) is 23.1. The van der Waals surface area contributed by atoms with Crippen LogP contribution in [-0.4, -0.2) is 26.4 Å². The van der Waals surface area contributed by atoms with Crippen molar-refractivity contribution in [2.75, 3.05) is 5.75 Å². The van der Waals surface area contributed by atoms with Gasteiger partial charge in [-0.2, -0.15) is 0 Å². The van der Waals surface area contributed by atoms with Crippen molar-refractivity contribution in [2.45, 2.75) is 58.3 Å². The molecule has 0 aliphatic rings. The van der Waals surface area contributed by atoms with Crippen molar-refractivity contribution in [2.24, 2.45) is 5.92 Å². The molecule has 1 unspecified atom stereocenters. The molecular weight excluding hydrogens is 404 g/mol. The lowest BCUT2D eigenvalue weighted by atomic mass is 10.00. The summed E-state index contributed by atoms with van der Waals surface area (Å²) in [7, 11) is 0. The van der Waals surface area contributed by atoms with Crippen LogP contribution >= 0.6 is 11.8 Å². The standard InChI is InChI=1S/C25H32N4OS/c1-5-29-23(16-20-9-7-6-8-10-20)27-28-25(29)31-17-24(30)26-19(4)22-13-11-21(12-14-22)15-18(2)3/h6-14,18-19H,5,15-17H2,1-4H3,(H,26,30). The summed E-state index contributed by atoms with van der Waals surface area (Å²) in [6.07, 6.45) is 1.81. The lowest BCUT2D eigenvalue weighted by Gasteiger charge is -2.15. The maximum atomic E-state index is 12.5. The fourth-order valence-electron chi connectivity index (χ4n) is 3.56. The number of thioether (sulfide) groups is 1. The highest BCUT2D eigenvalue weighted by Crippen LogP contribution is 2.20. The van der Waals surface area contributed by atoms with Crippen LogP contribution in [0.25, 0.3) is 0 Å². The SMILES string of the molecule is CCn1c(Cc2ccccc2)nnc1SCC(=O)NC(C)c1ccc(CC(C)C)cc1. The quantitative estimate of drug-likeness (QED) is 0.452. The van der Waals surface area contributed by atoms with Crippen LogP contribution < -0.4 is 5.32 Å². The van der Waals surface area contributed by atoms with Gasteiger partial charge in [0.05, 0.1) is 11.8 Å². The van der Waals surface area contributed by atoms with E-state index in [0.717, 1.165) is 35.9 Å². The molecule has 164 valence electrons. The number of hydrogen-bond donors (Lipinski definition) is 1. The topological polar surface area (TPSA) is 59.8 Å². The highest BCUT2D eigenvalue weighted by Gasteiger charge is 2.15. The molecule has 0 fully saturated rings. The molecule has 0 saturated heterocycles. The summed E-state index contributed by atoms with van der Waals surface area (Å²) in [5.74, 6) is 1.88. The van der Waals surface area contributed by atoms with Crippen molar-refractivity contribution in [3.05, 3.63) is 77.1 Å². The number of amides is 1. The number of nitrogens with zero attached hydrogens (tertiary/aromatic N) is 3. The predicted octanol–water partition coefficient (Wildman–Crippen LogP) is 5.06. The molecule has 6 heteroatoms. The summed E-state index contributed by atoms with van der Waals surface area (Å²) in [5.41, 5.74) is 3.65. The highest BCUT2D eigenvalue weighted by molar-refractivity contribution is 7.99. The van der Waals surface area contributed by atoms with Gasteiger partial charge in [-0.3, -0.25) is 4.79 Å². The average molecular weight is 437 g/mol. The molecule has 3 rings (SSSR count). The van der Waals surface area contributed by atoms with Crippen LogP contribution in [-0.2, 0) is 24.2 Å². The average Bonchev–Trinajstić information content (AvgIpc) is 3.14.